The summed E-state index contributed by atoms with van der Waals surface area (Å²) < 4.78 is 0. The first-order valence-corrected chi connectivity index (χ1v) is 13.9. The van der Waals surface area contributed by atoms with Crippen LogP contribution in [0.2, 0.25) is 5.02 Å². The van der Waals surface area contributed by atoms with Crippen LogP contribution in [0, 0.1) is 0 Å². The number of likely N-dealkylation sites (N-methyl/N-ethyl adjacent to an activating group) is 1. The van der Waals surface area contributed by atoms with Crippen LogP contribution in [0.3, 0.4) is 0 Å². The van der Waals surface area contributed by atoms with Crippen LogP contribution in [0.4, 0.5) is 0 Å². The topological polar surface area (TPSA) is 83.9 Å². The number of aromatic nitrogens is 1. The van der Waals surface area contributed by atoms with Gasteiger partial charge in [0, 0.05) is 51.8 Å². The number of aliphatic imine (C=N–C) groups is 1. The van der Waals surface area contributed by atoms with E-state index in [9.17, 15) is 10.2 Å². The van der Waals surface area contributed by atoms with Gasteiger partial charge in [-0.1, -0.05) is 37.6 Å². The third-order valence-corrected chi connectivity index (χ3v) is 7.62. The SMILES string of the molecule is CCN(CC)CCNC(O)C1=C(C)/C(=C/c2ccc(SCc3ccc(Cl)cc3)ccc[nH]c2O)N=C1C. The van der Waals surface area contributed by atoms with Gasteiger partial charge in [0.2, 0.25) is 0 Å². The van der Waals surface area contributed by atoms with Gasteiger partial charge in [-0.15, -0.1) is 11.8 Å². The number of H-pyrrole nitrogens is 1. The number of allylic oxidation sites excluding steroid dienone is 1. The zero-order valence-electron chi connectivity index (χ0n) is 22.0. The highest BCUT2D eigenvalue weighted by Gasteiger charge is 2.24. The van der Waals surface area contributed by atoms with Crippen LogP contribution in [0.5, 0.6) is 5.88 Å². The Morgan fingerprint density at radius 1 is 1.11 bits per heavy atom. The Bertz CT molecular complexity index is 1200. The number of nitrogens with one attached hydrogen (secondary N) is 2. The molecule has 1 aromatic heterocycles. The molecule has 0 saturated heterocycles. The number of halogens is 1. The summed E-state index contributed by atoms with van der Waals surface area (Å²) in [5.41, 5.74) is 4.93. The zero-order valence-corrected chi connectivity index (χ0v) is 23.5. The fraction of sp³-hybridized carbons (Fsp3) is 0.345. The maximum absolute atomic E-state index is 10.8. The van der Waals surface area contributed by atoms with Gasteiger partial charge in [0.15, 0.2) is 5.88 Å². The van der Waals surface area contributed by atoms with Crippen molar-refractivity contribution in [3.8, 4) is 5.88 Å². The molecule has 3 rings (SSSR count). The number of aliphatic hydroxyl groups excluding tert-OH is 1. The van der Waals surface area contributed by atoms with E-state index < -0.39 is 6.23 Å². The van der Waals surface area contributed by atoms with Crippen LogP contribution in [-0.2, 0) is 5.75 Å². The van der Waals surface area contributed by atoms with Gasteiger partial charge >= 0.3 is 0 Å². The van der Waals surface area contributed by atoms with Crippen molar-refractivity contribution >= 4 is 35.2 Å². The van der Waals surface area contributed by atoms with Crippen LogP contribution in [0.25, 0.3) is 6.08 Å². The van der Waals surface area contributed by atoms with Gasteiger partial charge in [0.25, 0.3) is 0 Å². The molecule has 0 aliphatic carbocycles. The number of benzene rings is 1. The van der Waals surface area contributed by atoms with E-state index in [-0.39, 0.29) is 5.88 Å². The predicted octanol–water partition coefficient (Wildman–Crippen LogP) is 6.17. The highest BCUT2D eigenvalue weighted by molar-refractivity contribution is 7.98. The van der Waals surface area contributed by atoms with Gasteiger partial charge in [0.1, 0.15) is 6.23 Å². The highest BCUT2D eigenvalue weighted by atomic mass is 35.5. The van der Waals surface area contributed by atoms with E-state index in [1.54, 1.807) is 18.0 Å². The average molecular weight is 541 g/mol. The van der Waals surface area contributed by atoms with Crippen LogP contribution in [0.1, 0.15) is 38.8 Å². The largest absolute Gasteiger partial charge is 0.494 e. The van der Waals surface area contributed by atoms with Crippen molar-refractivity contribution in [3.05, 3.63) is 87.7 Å². The molecule has 0 radical (unpaired) electrons. The Morgan fingerprint density at radius 2 is 1.84 bits per heavy atom. The number of rotatable bonds is 11. The minimum absolute atomic E-state index is 0.0318. The summed E-state index contributed by atoms with van der Waals surface area (Å²) in [6, 6.07) is 15.5. The summed E-state index contributed by atoms with van der Waals surface area (Å²) in [5.74, 6) is 0.832. The molecule has 0 fully saturated rings. The lowest BCUT2D eigenvalue weighted by molar-refractivity contribution is 0.169. The minimum Gasteiger partial charge on any atom is -0.494 e. The Kier molecular flexibility index (Phi) is 11.3. The van der Waals surface area contributed by atoms with Crippen molar-refractivity contribution in [1.82, 2.24) is 15.2 Å². The van der Waals surface area contributed by atoms with Gasteiger partial charge in [-0.25, -0.2) is 0 Å². The second kappa shape index (κ2) is 14.4. The van der Waals surface area contributed by atoms with E-state index >= 15 is 0 Å². The van der Waals surface area contributed by atoms with E-state index in [1.807, 2.05) is 68.5 Å². The monoisotopic (exact) mass is 540 g/mol. The first-order valence-electron chi connectivity index (χ1n) is 12.6. The summed E-state index contributed by atoms with van der Waals surface area (Å²) in [7, 11) is 0. The molecule has 198 valence electrons. The Hall–Kier alpha value is -2.55. The first-order chi connectivity index (χ1) is 17.8. The Balaban J connectivity index is 1.81. The van der Waals surface area contributed by atoms with Crippen molar-refractivity contribution in [2.24, 2.45) is 4.99 Å². The fourth-order valence-electron chi connectivity index (χ4n) is 4.05. The lowest BCUT2D eigenvalue weighted by Crippen LogP contribution is -2.39. The predicted molar refractivity (Wildman–Crippen MR) is 157 cm³/mol. The molecule has 0 bridgehead atoms. The standard InChI is InChI=1S/C29H37ClN4O2S/c1-5-34(6-2)17-16-32-29(36)27-20(3)26(33-21(27)4)18-23-11-14-25(8-7-15-31-28(23)35)37-19-22-9-12-24(30)13-10-22/h7-15,18,29,31-32,35-36H,5-6,16-17,19H2,1-4H3/b14-11?,15-7?,25-8?,26-18-,28-23?. The maximum atomic E-state index is 10.8. The molecule has 4 N–H and O–H groups in total. The van der Waals surface area contributed by atoms with Crippen LogP contribution in [-0.4, -0.2) is 58.2 Å². The summed E-state index contributed by atoms with van der Waals surface area (Å²) in [5, 5.41) is 25.4. The maximum Gasteiger partial charge on any atom is 0.195 e. The summed E-state index contributed by atoms with van der Waals surface area (Å²) in [6.07, 6.45) is 2.74. The molecule has 1 atom stereocenters. The summed E-state index contributed by atoms with van der Waals surface area (Å²) in [6.45, 7) is 11.6. The van der Waals surface area contributed by atoms with E-state index in [2.05, 4.69) is 29.0 Å². The van der Waals surface area contributed by atoms with Gasteiger partial charge in [-0.3, -0.25) is 10.3 Å². The van der Waals surface area contributed by atoms with Gasteiger partial charge in [0.05, 0.1) is 5.70 Å². The van der Waals surface area contributed by atoms with Gasteiger partial charge < -0.3 is 20.1 Å². The second-order valence-electron chi connectivity index (χ2n) is 8.77. The van der Waals surface area contributed by atoms with E-state index in [0.717, 1.165) is 52.2 Å². The summed E-state index contributed by atoms with van der Waals surface area (Å²) >= 11 is 7.69. The molecule has 37 heavy (non-hydrogen) atoms. The number of thioether (sulfide) groups is 1. The fourth-order valence-corrected chi connectivity index (χ4v) is 5.04. The second-order valence-corrected chi connectivity index (χ2v) is 10.3. The van der Waals surface area contributed by atoms with Crippen molar-refractivity contribution < 1.29 is 10.2 Å². The third kappa shape index (κ3) is 8.48. The molecular weight excluding hydrogens is 504 g/mol. The summed E-state index contributed by atoms with van der Waals surface area (Å²) in [4.78, 5) is 11.0. The molecule has 6 nitrogen and oxygen atoms in total. The van der Waals surface area contributed by atoms with Gasteiger partial charge in [-0.05, 0) is 80.5 Å². The van der Waals surface area contributed by atoms with E-state index in [4.69, 9.17) is 16.6 Å². The normalized spacial score (nSPS) is 15.3. The number of hydrogen-bond donors (Lipinski definition) is 4. The molecule has 0 spiro atoms. The van der Waals surface area contributed by atoms with Crippen molar-refractivity contribution in [2.75, 3.05) is 26.2 Å². The van der Waals surface area contributed by atoms with E-state index in [1.165, 1.54) is 5.56 Å². The molecule has 0 saturated carbocycles. The lowest BCUT2D eigenvalue weighted by atomic mass is 10.0. The molecule has 0 amide bonds. The molecule has 1 aliphatic rings. The van der Waals surface area contributed by atoms with Crippen LogP contribution < -0.4 is 5.32 Å². The van der Waals surface area contributed by atoms with Crippen LogP contribution >= 0.6 is 23.4 Å². The van der Waals surface area contributed by atoms with Crippen molar-refractivity contribution in [2.45, 2.75) is 44.6 Å². The molecule has 1 aliphatic heterocycles. The molecule has 8 heteroatoms. The lowest BCUT2D eigenvalue weighted by Gasteiger charge is -2.21. The number of aromatic hydroxyl groups is 1. The van der Waals surface area contributed by atoms with E-state index in [0.29, 0.717) is 17.8 Å². The Labute approximate surface area is 229 Å². The van der Waals surface area contributed by atoms with Crippen molar-refractivity contribution in [1.29, 1.82) is 0 Å². The number of aliphatic hydroxyl groups is 1. The smallest absolute Gasteiger partial charge is 0.195 e. The average Bonchev–Trinajstić information content (AvgIpc) is 3.21. The molecule has 1 aromatic carbocycles. The molecular formula is C29H37ClN4O2S. The first kappa shape index (κ1) is 29.0. The number of hydrogen-bond acceptors (Lipinski definition) is 6. The molecule has 1 unspecified atom stereocenters. The van der Waals surface area contributed by atoms with Crippen LogP contribution in [0.15, 0.2) is 81.5 Å². The molecule has 2 aromatic rings. The van der Waals surface area contributed by atoms with Crippen molar-refractivity contribution in [3.63, 3.8) is 0 Å². The number of nitrogens with zero attached hydrogens (tertiary/aromatic N) is 2. The van der Waals surface area contributed by atoms with Gasteiger partial charge in [-0.2, -0.15) is 0 Å². The quantitative estimate of drug-likeness (QED) is 0.202. The zero-order chi connectivity index (χ0) is 26.8. The minimum atomic E-state index is -0.802. The third-order valence-electron chi connectivity index (χ3n) is 6.29. The Morgan fingerprint density at radius 3 is 2.54 bits per heavy atom. The highest BCUT2D eigenvalue weighted by Crippen LogP contribution is 2.30. The molecule has 2 heterocycles. The number of aromatic amines is 1.